The van der Waals surface area contributed by atoms with Crippen molar-refractivity contribution in [3.8, 4) is 0 Å². The monoisotopic (exact) mass is 548 g/mol. The average Bonchev–Trinajstić information content (AvgIpc) is 2.81. The maximum Gasteiger partial charge on any atom is 0.472 e. The summed E-state index contributed by atoms with van der Waals surface area (Å²) in [7, 11) is 2.30. The van der Waals surface area contributed by atoms with Gasteiger partial charge in [-0.25, -0.2) is 4.57 Å². The molecule has 2 atom stereocenters. The fourth-order valence-corrected chi connectivity index (χ4v) is 5.51. The Morgan fingerprint density at radius 1 is 0.730 bits per heavy atom. The first kappa shape index (κ1) is 36.7. The number of ketones is 1. The number of hydrogen-bond donors (Lipinski definition) is 1. The van der Waals surface area contributed by atoms with Crippen molar-refractivity contribution in [3.63, 3.8) is 0 Å². The number of carbonyl (C=O) groups is 1. The third kappa shape index (κ3) is 27.1. The van der Waals surface area contributed by atoms with E-state index in [-0.39, 0.29) is 24.9 Å². The lowest BCUT2D eigenvalue weighted by Crippen LogP contribution is -2.35. The SMILES string of the molecule is CCCCCCCCCCCCCCCCC(COP(=O)(O)OCCCC[N+](C)(C)C)CC(=O)CCC. The number of carbonyl (C=O) groups excluding carboxylic acids is 1. The molecule has 6 nitrogen and oxygen atoms in total. The van der Waals surface area contributed by atoms with E-state index in [1.54, 1.807) is 0 Å². The van der Waals surface area contributed by atoms with Crippen LogP contribution in [-0.4, -0.2) is 56.1 Å². The first-order valence-electron chi connectivity index (χ1n) is 15.5. The fraction of sp³-hybridized carbons (Fsp3) is 0.967. The summed E-state index contributed by atoms with van der Waals surface area (Å²) in [5.41, 5.74) is 0. The number of hydrogen-bond acceptors (Lipinski definition) is 4. The van der Waals surface area contributed by atoms with Crippen molar-refractivity contribution in [1.29, 1.82) is 0 Å². The van der Waals surface area contributed by atoms with Gasteiger partial charge in [-0.1, -0.05) is 104 Å². The van der Waals surface area contributed by atoms with Gasteiger partial charge in [-0.15, -0.1) is 0 Å². The number of nitrogens with zero attached hydrogens (tertiary/aromatic N) is 1. The van der Waals surface area contributed by atoms with E-state index < -0.39 is 7.82 Å². The molecule has 1 N–H and O–H groups in total. The van der Waals surface area contributed by atoms with Crippen LogP contribution >= 0.6 is 7.82 Å². The minimum Gasteiger partial charge on any atom is -0.331 e. The fourth-order valence-electron chi connectivity index (χ4n) is 4.68. The van der Waals surface area contributed by atoms with Crippen molar-refractivity contribution in [1.82, 2.24) is 0 Å². The highest BCUT2D eigenvalue weighted by atomic mass is 31.2. The number of unbranched alkanes of at least 4 members (excludes halogenated alkanes) is 14. The normalized spacial score (nSPS) is 14.5. The van der Waals surface area contributed by atoms with Crippen molar-refractivity contribution in [2.45, 2.75) is 142 Å². The van der Waals surface area contributed by atoms with Gasteiger partial charge in [-0.2, -0.15) is 0 Å². The maximum atomic E-state index is 12.3. The lowest BCUT2D eigenvalue weighted by molar-refractivity contribution is -0.870. The van der Waals surface area contributed by atoms with Gasteiger partial charge in [0.25, 0.3) is 0 Å². The summed E-state index contributed by atoms with van der Waals surface area (Å²) >= 11 is 0. The maximum absolute atomic E-state index is 12.3. The van der Waals surface area contributed by atoms with E-state index in [1.807, 2.05) is 6.92 Å². The number of rotatable bonds is 28. The van der Waals surface area contributed by atoms with E-state index in [4.69, 9.17) is 9.05 Å². The Hall–Kier alpha value is -0.260. The van der Waals surface area contributed by atoms with E-state index >= 15 is 0 Å². The second kappa shape index (κ2) is 23.6. The van der Waals surface area contributed by atoms with Gasteiger partial charge >= 0.3 is 7.82 Å². The zero-order valence-electron chi connectivity index (χ0n) is 25.3. The van der Waals surface area contributed by atoms with Crippen molar-refractivity contribution in [2.24, 2.45) is 5.92 Å². The molecule has 0 bridgehead atoms. The smallest absolute Gasteiger partial charge is 0.331 e. The molecule has 0 amide bonds. The van der Waals surface area contributed by atoms with Crippen molar-refractivity contribution in [3.05, 3.63) is 0 Å². The zero-order chi connectivity index (χ0) is 27.8. The molecule has 0 aliphatic heterocycles. The Bertz CT molecular complexity index is 579. The first-order valence-corrected chi connectivity index (χ1v) is 17.0. The van der Waals surface area contributed by atoms with Crippen molar-refractivity contribution < 1.29 is 27.8 Å². The predicted octanol–water partition coefficient (Wildman–Crippen LogP) is 8.85. The lowest BCUT2D eigenvalue weighted by Gasteiger charge is -2.23. The van der Waals surface area contributed by atoms with Gasteiger partial charge in [0.2, 0.25) is 0 Å². The van der Waals surface area contributed by atoms with Crippen LogP contribution in [0.1, 0.15) is 142 Å². The Morgan fingerprint density at radius 3 is 1.73 bits per heavy atom. The minimum absolute atomic E-state index is 0.0151. The van der Waals surface area contributed by atoms with Crippen molar-refractivity contribution >= 4 is 13.6 Å². The molecule has 0 aromatic heterocycles. The van der Waals surface area contributed by atoms with E-state index in [9.17, 15) is 14.3 Å². The summed E-state index contributed by atoms with van der Waals surface area (Å²) in [5.74, 6) is 0.203. The zero-order valence-corrected chi connectivity index (χ0v) is 26.2. The molecular weight excluding hydrogens is 485 g/mol. The summed E-state index contributed by atoms with van der Waals surface area (Å²) in [6.45, 7) is 5.59. The van der Waals surface area contributed by atoms with Gasteiger partial charge in [-0.3, -0.25) is 13.8 Å². The van der Waals surface area contributed by atoms with Crippen LogP contribution in [0.5, 0.6) is 0 Å². The predicted molar refractivity (Wildman–Crippen MR) is 157 cm³/mol. The Labute approximate surface area is 230 Å². The molecule has 0 aromatic rings. The summed E-state index contributed by atoms with van der Waals surface area (Å²) < 4.78 is 23.7. The van der Waals surface area contributed by atoms with Gasteiger partial charge < -0.3 is 9.38 Å². The largest absolute Gasteiger partial charge is 0.472 e. The van der Waals surface area contributed by atoms with Gasteiger partial charge in [0.1, 0.15) is 5.78 Å². The second-order valence-corrected chi connectivity index (χ2v) is 13.5. The number of phosphoric ester groups is 1. The Morgan fingerprint density at radius 2 is 1.24 bits per heavy atom. The highest BCUT2D eigenvalue weighted by molar-refractivity contribution is 7.47. The third-order valence-corrected chi connectivity index (χ3v) is 7.95. The number of phosphoric acid groups is 1. The molecule has 37 heavy (non-hydrogen) atoms. The summed E-state index contributed by atoms with van der Waals surface area (Å²) in [5, 5.41) is 0. The highest BCUT2D eigenvalue weighted by Crippen LogP contribution is 2.44. The van der Waals surface area contributed by atoms with E-state index in [1.165, 1.54) is 77.0 Å². The quantitative estimate of drug-likeness (QED) is 0.0600. The molecule has 0 rings (SSSR count). The van der Waals surface area contributed by atoms with Gasteiger partial charge in [0, 0.05) is 12.8 Å². The molecule has 2 unspecified atom stereocenters. The standard InChI is InChI=1S/C30H62NO5P/c1-6-8-9-10-11-12-13-14-15-16-17-18-19-20-24-29(27-30(32)23-7-2)28-36-37(33,34)35-26-22-21-25-31(3,4)5/h29H,6-28H2,1-5H3/p+1. The Balaban J connectivity index is 4.06. The molecule has 0 spiro atoms. The van der Waals surface area contributed by atoms with Gasteiger partial charge in [0.15, 0.2) is 0 Å². The molecule has 0 radical (unpaired) electrons. The summed E-state index contributed by atoms with van der Waals surface area (Å²) in [6.07, 6.45) is 22.7. The van der Waals surface area contributed by atoms with E-state index in [2.05, 4.69) is 28.1 Å². The molecule has 0 saturated heterocycles. The molecule has 0 heterocycles. The second-order valence-electron chi connectivity index (χ2n) is 12.1. The molecule has 0 aliphatic rings. The molecule has 7 heteroatoms. The van der Waals surface area contributed by atoms with Crippen LogP contribution in [-0.2, 0) is 18.4 Å². The summed E-state index contributed by atoms with van der Waals surface area (Å²) in [4.78, 5) is 22.3. The Kier molecular flexibility index (Phi) is 23.4. The van der Waals surface area contributed by atoms with Crippen LogP contribution in [0.15, 0.2) is 0 Å². The molecule has 222 valence electrons. The van der Waals surface area contributed by atoms with Crippen molar-refractivity contribution in [2.75, 3.05) is 40.9 Å². The molecule has 0 saturated carbocycles. The third-order valence-electron chi connectivity index (χ3n) is 6.96. The number of Topliss-reactive ketones (excluding diaryl/α,β-unsaturated/α-hetero) is 1. The molecule has 0 aliphatic carbocycles. The van der Waals surface area contributed by atoms with Crippen LogP contribution < -0.4 is 0 Å². The topological polar surface area (TPSA) is 72.8 Å². The van der Waals surface area contributed by atoms with E-state index in [0.29, 0.717) is 12.8 Å². The summed E-state index contributed by atoms with van der Waals surface area (Å²) in [6, 6.07) is 0. The lowest BCUT2D eigenvalue weighted by atomic mass is 9.94. The van der Waals surface area contributed by atoms with Crippen LogP contribution in [0, 0.1) is 5.92 Å². The van der Waals surface area contributed by atoms with Crippen LogP contribution in [0.3, 0.4) is 0 Å². The first-order chi connectivity index (χ1) is 17.6. The molecule has 0 fully saturated rings. The van der Waals surface area contributed by atoms with E-state index in [0.717, 1.165) is 49.6 Å². The van der Waals surface area contributed by atoms with Crippen LogP contribution in [0.4, 0.5) is 0 Å². The van der Waals surface area contributed by atoms with Gasteiger partial charge in [-0.05, 0) is 31.6 Å². The average molecular weight is 549 g/mol. The number of quaternary nitrogens is 1. The van der Waals surface area contributed by atoms with Crippen LogP contribution in [0.2, 0.25) is 0 Å². The highest BCUT2D eigenvalue weighted by Gasteiger charge is 2.24. The van der Waals surface area contributed by atoms with Crippen LogP contribution in [0.25, 0.3) is 0 Å². The minimum atomic E-state index is -4.08. The molecular formula is C30H63NO5P+. The van der Waals surface area contributed by atoms with Gasteiger partial charge in [0.05, 0.1) is 40.9 Å². The molecule has 0 aromatic carbocycles.